The van der Waals surface area contributed by atoms with Gasteiger partial charge in [-0.3, -0.25) is 4.99 Å². The predicted octanol–water partition coefficient (Wildman–Crippen LogP) is 2.16. The van der Waals surface area contributed by atoms with E-state index in [-0.39, 0.29) is 24.0 Å². The van der Waals surface area contributed by atoms with Crippen molar-refractivity contribution in [3.8, 4) is 0 Å². The SMILES string of the molecule is CC(C)CCNC(N)=NCC(O)Cc1ccccc1.I. The molecule has 0 aliphatic carbocycles. The molecule has 1 aromatic carbocycles. The van der Waals surface area contributed by atoms with Crippen LogP contribution in [0, 0.1) is 5.92 Å². The molecule has 5 heteroatoms. The fourth-order valence-corrected chi connectivity index (χ4v) is 1.70. The van der Waals surface area contributed by atoms with Gasteiger partial charge in [0, 0.05) is 13.0 Å². The van der Waals surface area contributed by atoms with E-state index in [0.29, 0.717) is 24.8 Å². The molecule has 0 radical (unpaired) electrons. The summed E-state index contributed by atoms with van der Waals surface area (Å²) in [7, 11) is 0. The quantitative estimate of drug-likeness (QED) is 0.379. The molecule has 0 aromatic heterocycles. The van der Waals surface area contributed by atoms with Crippen LogP contribution in [0.4, 0.5) is 0 Å². The number of nitrogens with one attached hydrogen (secondary N) is 1. The molecule has 4 N–H and O–H groups in total. The molecule has 1 aromatic rings. The van der Waals surface area contributed by atoms with Crippen molar-refractivity contribution in [1.29, 1.82) is 0 Å². The molecule has 0 aliphatic heterocycles. The summed E-state index contributed by atoms with van der Waals surface area (Å²) in [6, 6.07) is 9.89. The molecule has 0 amide bonds. The van der Waals surface area contributed by atoms with Crippen LogP contribution in [0.25, 0.3) is 0 Å². The Labute approximate surface area is 138 Å². The minimum Gasteiger partial charge on any atom is -0.391 e. The number of hydrogen-bond acceptors (Lipinski definition) is 2. The van der Waals surface area contributed by atoms with Gasteiger partial charge in [-0.15, -0.1) is 24.0 Å². The van der Waals surface area contributed by atoms with Gasteiger partial charge in [-0.1, -0.05) is 44.2 Å². The highest BCUT2D eigenvalue weighted by Gasteiger charge is 2.04. The number of nitrogens with zero attached hydrogens (tertiary/aromatic N) is 1. The summed E-state index contributed by atoms with van der Waals surface area (Å²) in [4.78, 5) is 4.15. The maximum Gasteiger partial charge on any atom is 0.188 e. The maximum atomic E-state index is 9.87. The standard InChI is InChI=1S/C15H25N3O.HI/c1-12(2)8-9-17-15(16)18-11-14(19)10-13-6-4-3-5-7-13;/h3-7,12,14,19H,8-11H2,1-2H3,(H3,16,17,18);1H. The zero-order valence-electron chi connectivity index (χ0n) is 12.2. The van der Waals surface area contributed by atoms with Crippen molar-refractivity contribution in [3.63, 3.8) is 0 Å². The molecule has 4 nitrogen and oxygen atoms in total. The van der Waals surface area contributed by atoms with E-state index in [4.69, 9.17) is 5.73 Å². The van der Waals surface area contributed by atoms with Crippen LogP contribution in [0.2, 0.25) is 0 Å². The van der Waals surface area contributed by atoms with Crippen molar-refractivity contribution in [2.45, 2.75) is 32.8 Å². The van der Waals surface area contributed by atoms with Gasteiger partial charge in [0.15, 0.2) is 5.96 Å². The van der Waals surface area contributed by atoms with Crippen molar-refractivity contribution < 1.29 is 5.11 Å². The van der Waals surface area contributed by atoms with E-state index < -0.39 is 6.10 Å². The van der Waals surface area contributed by atoms with Gasteiger partial charge in [0.05, 0.1) is 12.6 Å². The molecule has 0 fully saturated rings. The summed E-state index contributed by atoms with van der Waals surface area (Å²) < 4.78 is 0. The largest absolute Gasteiger partial charge is 0.391 e. The van der Waals surface area contributed by atoms with Crippen LogP contribution in [0.3, 0.4) is 0 Å². The maximum absolute atomic E-state index is 9.87. The van der Waals surface area contributed by atoms with Crippen LogP contribution in [0.5, 0.6) is 0 Å². The lowest BCUT2D eigenvalue weighted by molar-refractivity contribution is 0.184. The van der Waals surface area contributed by atoms with Crippen LogP contribution in [0.1, 0.15) is 25.8 Å². The summed E-state index contributed by atoms with van der Waals surface area (Å²) >= 11 is 0. The van der Waals surface area contributed by atoms with Crippen molar-refractivity contribution in [3.05, 3.63) is 35.9 Å². The van der Waals surface area contributed by atoms with Crippen molar-refractivity contribution >= 4 is 29.9 Å². The summed E-state index contributed by atoms with van der Waals surface area (Å²) in [6.07, 6.45) is 1.17. The number of nitrogens with two attached hydrogens (primary N) is 1. The predicted molar refractivity (Wildman–Crippen MR) is 95.5 cm³/mol. The van der Waals surface area contributed by atoms with Crippen LogP contribution in [0.15, 0.2) is 35.3 Å². The lowest BCUT2D eigenvalue weighted by atomic mass is 10.1. The fraction of sp³-hybridized carbons (Fsp3) is 0.533. The van der Waals surface area contributed by atoms with Gasteiger partial charge in [0.2, 0.25) is 0 Å². The Morgan fingerprint density at radius 1 is 1.30 bits per heavy atom. The molecule has 0 aliphatic rings. The minimum absolute atomic E-state index is 0. The molecule has 0 saturated heterocycles. The third-order valence-electron chi connectivity index (χ3n) is 2.81. The Bertz CT molecular complexity index is 382. The van der Waals surface area contributed by atoms with Crippen LogP contribution < -0.4 is 11.1 Å². The molecule has 0 saturated carbocycles. The second-order valence-corrected chi connectivity index (χ2v) is 5.18. The summed E-state index contributed by atoms with van der Waals surface area (Å²) in [6.45, 7) is 5.48. The second kappa shape index (κ2) is 10.9. The molecule has 0 heterocycles. The first-order valence-electron chi connectivity index (χ1n) is 6.83. The Morgan fingerprint density at radius 3 is 2.55 bits per heavy atom. The van der Waals surface area contributed by atoms with Gasteiger partial charge in [-0.05, 0) is 17.9 Å². The second-order valence-electron chi connectivity index (χ2n) is 5.18. The number of guanidine groups is 1. The first-order valence-corrected chi connectivity index (χ1v) is 6.83. The molecule has 1 rings (SSSR count). The highest BCUT2D eigenvalue weighted by molar-refractivity contribution is 14.0. The van der Waals surface area contributed by atoms with Gasteiger partial charge >= 0.3 is 0 Å². The first-order chi connectivity index (χ1) is 9.08. The lowest BCUT2D eigenvalue weighted by Crippen LogP contribution is -2.34. The van der Waals surface area contributed by atoms with Crippen LogP contribution in [-0.4, -0.2) is 30.3 Å². The van der Waals surface area contributed by atoms with Crippen LogP contribution in [-0.2, 0) is 6.42 Å². The highest BCUT2D eigenvalue weighted by Crippen LogP contribution is 2.03. The molecule has 1 atom stereocenters. The monoisotopic (exact) mass is 391 g/mol. The Kier molecular flexibility index (Phi) is 10.5. The van der Waals surface area contributed by atoms with Crippen molar-refractivity contribution in [2.24, 2.45) is 16.6 Å². The topological polar surface area (TPSA) is 70.6 Å². The Hall–Kier alpha value is -0.820. The van der Waals surface area contributed by atoms with Gasteiger partial charge in [0.25, 0.3) is 0 Å². The van der Waals surface area contributed by atoms with Gasteiger partial charge in [0.1, 0.15) is 0 Å². The van der Waals surface area contributed by atoms with Gasteiger partial charge < -0.3 is 16.2 Å². The number of rotatable bonds is 7. The number of aliphatic hydroxyl groups is 1. The molecular formula is C15H26IN3O. The Morgan fingerprint density at radius 2 is 1.95 bits per heavy atom. The van der Waals surface area contributed by atoms with Crippen molar-refractivity contribution in [2.75, 3.05) is 13.1 Å². The summed E-state index contributed by atoms with van der Waals surface area (Å²) in [5.41, 5.74) is 6.84. The van der Waals surface area contributed by atoms with Gasteiger partial charge in [-0.25, -0.2) is 0 Å². The molecule has 1 unspecified atom stereocenters. The molecule has 0 spiro atoms. The zero-order valence-corrected chi connectivity index (χ0v) is 14.6. The third kappa shape index (κ3) is 9.14. The fourth-order valence-electron chi connectivity index (χ4n) is 1.70. The number of hydrogen-bond donors (Lipinski definition) is 3. The molecular weight excluding hydrogens is 365 g/mol. The van der Waals surface area contributed by atoms with E-state index in [1.54, 1.807) is 0 Å². The van der Waals surface area contributed by atoms with E-state index in [2.05, 4.69) is 24.2 Å². The smallest absolute Gasteiger partial charge is 0.188 e. The lowest BCUT2D eigenvalue weighted by Gasteiger charge is -2.10. The number of halogens is 1. The van der Waals surface area contributed by atoms with E-state index in [1.807, 2.05) is 30.3 Å². The summed E-state index contributed by atoms with van der Waals surface area (Å²) in [5.74, 6) is 1.05. The first kappa shape index (κ1) is 19.2. The number of aliphatic hydroxyl groups excluding tert-OH is 1. The highest BCUT2D eigenvalue weighted by atomic mass is 127. The number of aliphatic imine (C=N–C) groups is 1. The molecule has 0 bridgehead atoms. The molecule has 114 valence electrons. The third-order valence-corrected chi connectivity index (χ3v) is 2.81. The average molecular weight is 391 g/mol. The number of benzene rings is 1. The minimum atomic E-state index is -0.493. The summed E-state index contributed by atoms with van der Waals surface area (Å²) in [5, 5.41) is 12.9. The van der Waals surface area contributed by atoms with Crippen LogP contribution >= 0.6 is 24.0 Å². The van der Waals surface area contributed by atoms with E-state index in [1.165, 1.54) is 0 Å². The Balaban J connectivity index is 0.00000361. The normalized spacial score (nSPS) is 12.9. The average Bonchev–Trinajstić information content (AvgIpc) is 2.37. The molecule has 20 heavy (non-hydrogen) atoms. The van der Waals surface area contributed by atoms with E-state index >= 15 is 0 Å². The van der Waals surface area contributed by atoms with Crippen molar-refractivity contribution in [1.82, 2.24) is 5.32 Å². The van der Waals surface area contributed by atoms with Gasteiger partial charge in [-0.2, -0.15) is 0 Å². The van der Waals surface area contributed by atoms with E-state index in [0.717, 1.165) is 18.5 Å². The van der Waals surface area contributed by atoms with E-state index in [9.17, 15) is 5.11 Å². The zero-order chi connectivity index (χ0) is 14.1.